The van der Waals surface area contributed by atoms with E-state index < -0.39 is 0 Å². The van der Waals surface area contributed by atoms with Crippen LogP contribution in [0.5, 0.6) is 0 Å². The zero-order chi connectivity index (χ0) is 18.4. The molecule has 1 saturated carbocycles. The van der Waals surface area contributed by atoms with Crippen LogP contribution in [0.15, 0.2) is 42.6 Å². The van der Waals surface area contributed by atoms with Crippen LogP contribution < -0.4 is 0 Å². The molecule has 0 bridgehead atoms. The van der Waals surface area contributed by atoms with E-state index in [1.807, 2.05) is 24.3 Å². The van der Waals surface area contributed by atoms with Crippen LogP contribution in [0.2, 0.25) is 5.02 Å². The quantitative estimate of drug-likeness (QED) is 0.654. The fraction of sp³-hybridized carbons (Fsp3) is 0.429. The average molecular weight is 383 g/mol. The Kier molecular flexibility index (Phi) is 4.38. The molecule has 0 amide bonds. The predicted octanol–water partition coefficient (Wildman–Crippen LogP) is 3.52. The van der Waals surface area contributed by atoms with Gasteiger partial charge in [-0.3, -0.25) is 4.90 Å². The van der Waals surface area contributed by atoms with Crippen LogP contribution in [0.3, 0.4) is 0 Å². The maximum Gasteiger partial charge on any atom is 0.177 e. The summed E-state index contributed by atoms with van der Waals surface area (Å²) in [5, 5.41) is 0.771. The molecule has 1 aliphatic heterocycles. The van der Waals surface area contributed by atoms with Crippen molar-refractivity contribution in [2.75, 3.05) is 19.7 Å². The van der Waals surface area contributed by atoms with Crippen molar-refractivity contribution in [3.8, 4) is 0 Å². The van der Waals surface area contributed by atoms with Gasteiger partial charge in [-0.2, -0.15) is 0 Å². The summed E-state index contributed by atoms with van der Waals surface area (Å²) in [7, 11) is 2.08. The number of halogens is 1. The van der Waals surface area contributed by atoms with E-state index in [0.29, 0.717) is 12.5 Å². The molecule has 2 fully saturated rings. The zero-order valence-corrected chi connectivity index (χ0v) is 16.1. The highest BCUT2D eigenvalue weighted by Crippen LogP contribution is 2.52. The molecule has 0 N–H and O–H groups in total. The Morgan fingerprint density at radius 3 is 2.81 bits per heavy atom. The second kappa shape index (κ2) is 6.89. The smallest absolute Gasteiger partial charge is 0.177 e. The average Bonchev–Trinajstić information content (AvgIpc) is 2.99. The lowest BCUT2D eigenvalue weighted by molar-refractivity contribution is 0.0967. The highest BCUT2D eigenvalue weighted by molar-refractivity contribution is 6.30. The van der Waals surface area contributed by atoms with Crippen LogP contribution in [0.1, 0.15) is 11.4 Å². The van der Waals surface area contributed by atoms with Gasteiger partial charge >= 0.3 is 0 Å². The molecule has 0 radical (unpaired) electrons. The molecule has 140 valence electrons. The number of aromatic nitrogens is 3. The molecule has 6 heteroatoms. The molecule has 2 aliphatic rings. The van der Waals surface area contributed by atoms with E-state index >= 15 is 0 Å². The van der Waals surface area contributed by atoms with Crippen LogP contribution >= 0.6 is 11.6 Å². The number of imidazole rings is 1. The van der Waals surface area contributed by atoms with Gasteiger partial charge in [-0.1, -0.05) is 23.7 Å². The molecular formula is C21H23ClN4O. The summed E-state index contributed by atoms with van der Waals surface area (Å²) in [4.78, 5) is 11.6. The Hall–Kier alpha value is -1.95. The van der Waals surface area contributed by atoms with Gasteiger partial charge < -0.3 is 9.30 Å². The van der Waals surface area contributed by atoms with Gasteiger partial charge in [0.25, 0.3) is 0 Å². The maximum absolute atomic E-state index is 6.02. The van der Waals surface area contributed by atoms with Crippen molar-refractivity contribution >= 4 is 22.8 Å². The molecular weight excluding hydrogens is 360 g/mol. The Labute approximate surface area is 163 Å². The first-order chi connectivity index (χ1) is 13.2. The third-order valence-electron chi connectivity index (χ3n) is 6.03. The van der Waals surface area contributed by atoms with Crippen molar-refractivity contribution in [2.24, 2.45) is 24.8 Å². The fourth-order valence-corrected chi connectivity index (χ4v) is 4.68. The van der Waals surface area contributed by atoms with Crippen molar-refractivity contribution < 1.29 is 4.74 Å². The number of aryl methyl sites for hydroxylation is 1. The van der Waals surface area contributed by atoms with Crippen LogP contribution in [0.25, 0.3) is 11.2 Å². The number of fused-ring (bicyclic) bond motifs is 2. The van der Waals surface area contributed by atoms with E-state index in [4.69, 9.17) is 21.3 Å². The monoisotopic (exact) mass is 382 g/mol. The summed E-state index contributed by atoms with van der Waals surface area (Å²) in [6.07, 6.45) is 1.80. The Balaban J connectivity index is 1.12. The van der Waals surface area contributed by atoms with Gasteiger partial charge in [0.15, 0.2) is 5.65 Å². The molecule has 5 rings (SSSR count). The first-order valence-corrected chi connectivity index (χ1v) is 9.87. The van der Waals surface area contributed by atoms with Crippen molar-refractivity contribution in [2.45, 2.75) is 13.2 Å². The molecule has 3 aromatic rings. The maximum atomic E-state index is 6.02. The van der Waals surface area contributed by atoms with E-state index in [2.05, 4.69) is 33.6 Å². The summed E-state index contributed by atoms with van der Waals surface area (Å²) in [5.41, 5.74) is 3.08. The lowest BCUT2D eigenvalue weighted by Gasteiger charge is -2.19. The number of hydrogen-bond acceptors (Lipinski definition) is 4. The third-order valence-corrected chi connectivity index (χ3v) is 6.26. The highest BCUT2D eigenvalue weighted by atomic mass is 35.5. The highest BCUT2D eigenvalue weighted by Gasteiger charge is 2.55. The minimum absolute atomic E-state index is 0.646. The summed E-state index contributed by atoms with van der Waals surface area (Å²) in [6, 6.07) is 11.9. The minimum atomic E-state index is 0.646. The molecule has 5 nitrogen and oxygen atoms in total. The van der Waals surface area contributed by atoms with Crippen LogP contribution in [0.4, 0.5) is 0 Å². The van der Waals surface area contributed by atoms with Gasteiger partial charge in [0.2, 0.25) is 0 Å². The second-order valence-electron chi connectivity index (χ2n) is 7.76. The Morgan fingerprint density at radius 2 is 2.04 bits per heavy atom. The van der Waals surface area contributed by atoms with Gasteiger partial charge in [0.1, 0.15) is 5.82 Å². The van der Waals surface area contributed by atoms with Gasteiger partial charge in [0.05, 0.1) is 25.3 Å². The Morgan fingerprint density at radius 1 is 1.19 bits per heavy atom. The van der Waals surface area contributed by atoms with Crippen LogP contribution in [-0.4, -0.2) is 39.1 Å². The largest absolute Gasteiger partial charge is 0.376 e. The lowest BCUT2D eigenvalue weighted by atomic mass is 10.2. The third kappa shape index (κ3) is 3.35. The lowest BCUT2D eigenvalue weighted by Crippen LogP contribution is -2.26. The first-order valence-electron chi connectivity index (χ1n) is 9.50. The number of benzene rings is 1. The SMILES string of the molecule is Cn1c(CN2CC3C(COCc4cccc(Cl)c4)C3C2)nc2ncccc21. The summed E-state index contributed by atoms with van der Waals surface area (Å²) in [5.74, 6) is 3.36. The Bertz CT molecular complexity index is 960. The molecule has 27 heavy (non-hydrogen) atoms. The van der Waals surface area contributed by atoms with E-state index in [9.17, 15) is 0 Å². The number of piperidine rings is 1. The second-order valence-corrected chi connectivity index (χ2v) is 8.20. The van der Waals surface area contributed by atoms with Gasteiger partial charge in [-0.25, -0.2) is 9.97 Å². The molecule has 2 atom stereocenters. The van der Waals surface area contributed by atoms with Crippen molar-refractivity contribution in [1.82, 2.24) is 19.4 Å². The number of pyridine rings is 1. The number of rotatable bonds is 6. The molecule has 1 aliphatic carbocycles. The van der Waals surface area contributed by atoms with Crippen LogP contribution in [-0.2, 0) is 24.9 Å². The molecule has 0 spiro atoms. The molecule has 1 saturated heterocycles. The fourth-order valence-electron chi connectivity index (χ4n) is 4.47. The van der Waals surface area contributed by atoms with Crippen molar-refractivity contribution in [3.63, 3.8) is 0 Å². The number of ether oxygens (including phenoxy) is 1. The van der Waals surface area contributed by atoms with E-state index in [-0.39, 0.29) is 0 Å². The normalized spacial score (nSPS) is 24.4. The van der Waals surface area contributed by atoms with Crippen LogP contribution in [0, 0.1) is 17.8 Å². The molecule has 3 heterocycles. The van der Waals surface area contributed by atoms with Crippen molar-refractivity contribution in [1.29, 1.82) is 0 Å². The zero-order valence-electron chi connectivity index (χ0n) is 15.4. The van der Waals surface area contributed by atoms with E-state index in [1.165, 1.54) is 0 Å². The van der Waals surface area contributed by atoms with Gasteiger partial charge in [0, 0.05) is 31.4 Å². The number of likely N-dealkylation sites (tertiary alicyclic amines) is 1. The van der Waals surface area contributed by atoms with E-state index in [1.54, 1.807) is 6.20 Å². The van der Waals surface area contributed by atoms with Gasteiger partial charge in [-0.05, 0) is 47.6 Å². The summed E-state index contributed by atoms with van der Waals surface area (Å²) < 4.78 is 8.11. The predicted molar refractivity (Wildman–Crippen MR) is 105 cm³/mol. The molecule has 1 aromatic carbocycles. The molecule has 2 aromatic heterocycles. The summed E-state index contributed by atoms with van der Waals surface area (Å²) in [6.45, 7) is 4.69. The van der Waals surface area contributed by atoms with Crippen molar-refractivity contribution in [3.05, 3.63) is 59.0 Å². The molecule has 2 unspecified atom stereocenters. The topological polar surface area (TPSA) is 43.2 Å². The summed E-state index contributed by atoms with van der Waals surface area (Å²) >= 11 is 6.02. The minimum Gasteiger partial charge on any atom is -0.376 e. The van der Waals surface area contributed by atoms with E-state index in [0.717, 1.165) is 65.7 Å². The van der Waals surface area contributed by atoms with Gasteiger partial charge in [-0.15, -0.1) is 0 Å². The number of nitrogens with zero attached hydrogens (tertiary/aromatic N) is 4. The first kappa shape index (κ1) is 17.2. The number of hydrogen-bond donors (Lipinski definition) is 0. The standard InChI is InChI=1S/C21H23ClN4O/c1-25-19-6-3-7-23-21(19)24-20(25)11-26-9-16-17(10-26)18(16)13-27-12-14-4-2-5-15(22)8-14/h2-8,16-18H,9-13H2,1H3.